The number of pyridine rings is 2. The third kappa shape index (κ3) is 4.90. The zero-order valence-electron chi connectivity index (χ0n) is 20.9. The van der Waals surface area contributed by atoms with Gasteiger partial charge in [0, 0.05) is 41.3 Å². The van der Waals surface area contributed by atoms with Crippen molar-refractivity contribution in [3.05, 3.63) is 109 Å². The number of nitrogens with zero attached hydrogens (tertiary/aromatic N) is 4. The SMILES string of the molecule is CN(c1csc(-c2ccccc2)n1)c1nc(-c2cncc(S(N)(=O)=O)c2)cc2cccc(-c3ccccc3)c12. The number of primary sulfonamides is 1. The molecule has 0 unspecified atom stereocenters. The van der Waals surface area contributed by atoms with Crippen molar-refractivity contribution in [2.24, 2.45) is 5.14 Å². The van der Waals surface area contributed by atoms with Gasteiger partial charge in [0.15, 0.2) is 0 Å². The molecule has 3 aromatic heterocycles. The molecular weight excluding hydrogens is 526 g/mol. The highest BCUT2D eigenvalue weighted by atomic mass is 32.2. The number of hydrogen-bond acceptors (Lipinski definition) is 7. The Balaban J connectivity index is 1.57. The Kier molecular flexibility index (Phi) is 6.40. The Labute approximate surface area is 230 Å². The summed E-state index contributed by atoms with van der Waals surface area (Å²) >= 11 is 1.57. The van der Waals surface area contributed by atoms with Gasteiger partial charge in [-0.2, -0.15) is 0 Å². The molecule has 0 amide bonds. The van der Waals surface area contributed by atoms with E-state index in [4.69, 9.17) is 15.1 Å². The number of rotatable bonds is 6. The minimum atomic E-state index is -3.92. The highest BCUT2D eigenvalue weighted by Gasteiger charge is 2.20. The van der Waals surface area contributed by atoms with Gasteiger partial charge in [-0.3, -0.25) is 4.98 Å². The van der Waals surface area contributed by atoms with Crippen LogP contribution in [-0.4, -0.2) is 30.4 Å². The number of nitrogens with two attached hydrogens (primary N) is 1. The second kappa shape index (κ2) is 10.0. The average molecular weight is 550 g/mol. The maximum absolute atomic E-state index is 12.0. The van der Waals surface area contributed by atoms with Gasteiger partial charge in [-0.15, -0.1) is 11.3 Å². The van der Waals surface area contributed by atoms with E-state index < -0.39 is 10.0 Å². The molecular formula is C30H23N5O2S2. The largest absolute Gasteiger partial charge is 0.313 e. The lowest BCUT2D eigenvalue weighted by molar-refractivity contribution is 0.597. The zero-order chi connectivity index (χ0) is 27.0. The van der Waals surface area contributed by atoms with Crippen molar-refractivity contribution in [2.45, 2.75) is 4.90 Å². The summed E-state index contributed by atoms with van der Waals surface area (Å²) in [6.45, 7) is 0. The van der Waals surface area contributed by atoms with Crippen LogP contribution >= 0.6 is 11.3 Å². The van der Waals surface area contributed by atoms with Crippen LogP contribution in [0.2, 0.25) is 0 Å². The maximum Gasteiger partial charge on any atom is 0.239 e. The Morgan fingerprint density at radius 1 is 0.795 bits per heavy atom. The van der Waals surface area contributed by atoms with E-state index in [0.29, 0.717) is 17.1 Å². The first-order valence-electron chi connectivity index (χ1n) is 12.1. The zero-order valence-corrected chi connectivity index (χ0v) is 22.5. The molecule has 0 saturated carbocycles. The first kappa shape index (κ1) is 24.9. The molecule has 0 aliphatic carbocycles. The summed E-state index contributed by atoms with van der Waals surface area (Å²) in [5.41, 5.74) is 4.26. The molecule has 7 nitrogen and oxygen atoms in total. The second-order valence-corrected chi connectivity index (χ2v) is 11.4. The summed E-state index contributed by atoms with van der Waals surface area (Å²) < 4.78 is 24.0. The average Bonchev–Trinajstić information content (AvgIpc) is 3.47. The van der Waals surface area contributed by atoms with E-state index >= 15 is 0 Å². The number of hydrogen-bond donors (Lipinski definition) is 1. The smallest absolute Gasteiger partial charge is 0.239 e. The van der Waals surface area contributed by atoms with Crippen molar-refractivity contribution in [1.82, 2.24) is 15.0 Å². The van der Waals surface area contributed by atoms with Crippen LogP contribution in [0.1, 0.15) is 0 Å². The van der Waals surface area contributed by atoms with E-state index in [9.17, 15) is 8.42 Å². The fraction of sp³-hybridized carbons (Fsp3) is 0.0333. The summed E-state index contributed by atoms with van der Waals surface area (Å²) in [6.07, 6.45) is 2.82. The lowest BCUT2D eigenvalue weighted by atomic mass is 9.97. The van der Waals surface area contributed by atoms with E-state index in [1.807, 2.05) is 84.1 Å². The van der Waals surface area contributed by atoms with Gasteiger partial charge in [-0.05, 0) is 28.6 Å². The van der Waals surface area contributed by atoms with Gasteiger partial charge >= 0.3 is 0 Å². The summed E-state index contributed by atoms with van der Waals surface area (Å²) in [7, 11) is -1.98. The monoisotopic (exact) mass is 549 g/mol. The fourth-order valence-corrected chi connectivity index (χ4v) is 5.84. The summed E-state index contributed by atoms with van der Waals surface area (Å²) in [5, 5.41) is 10.2. The lowest BCUT2D eigenvalue weighted by Gasteiger charge is -2.21. The van der Waals surface area contributed by atoms with Gasteiger partial charge in [0.1, 0.15) is 21.5 Å². The quantitative estimate of drug-likeness (QED) is 0.254. The number of aromatic nitrogens is 3. The van der Waals surface area contributed by atoms with Gasteiger partial charge in [0.2, 0.25) is 10.0 Å². The number of thiazole rings is 1. The minimum Gasteiger partial charge on any atom is -0.313 e. The van der Waals surface area contributed by atoms with Crippen LogP contribution in [-0.2, 0) is 10.0 Å². The predicted molar refractivity (Wildman–Crippen MR) is 157 cm³/mol. The maximum atomic E-state index is 12.0. The standard InChI is InChI=1S/C30H23N5O2S2/c1-35(27-19-38-30(34-27)21-11-6-3-7-12-21)29-28-22(13-8-14-25(28)20-9-4-2-5-10-20)16-26(33-29)23-15-24(18-32-17-23)39(31,36)37/h2-19H,1H3,(H2,31,36,37). The highest BCUT2D eigenvalue weighted by molar-refractivity contribution is 7.89. The van der Waals surface area contributed by atoms with Crippen molar-refractivity contribution in [1.29, 1.82) is 0 Å². The molecule has 39 heavy (non-hydrogen) atoms. The molecule has 3 heterocycles. The van der Waals surface area contributed by atoms with E-state index in [0.717, 1.165) is 38.3 Å². The number of sulfonamides is 1. The third-order valence-corrected chi connectivity index (χ3v) is 8.19. The van der Waals surface area contributed by atoms with Crippen molar-refractivity contribution in [3.63, 3.8) is 0 Å². The molecule has 0 atom stereocenters. The second-order valence-electron chi connectivity index (χ2n) is 8.99. The van der Waals surface area contributed by atoms with Crippen LogP contribution in [0.15, 0.2) is 114 Å². The molecule has 0 aliphatic heterocycles. The molecule has 9 heteroatoms. The van der Waals surface area contributed by atoms with Gasteiger partial charge < -0.3 is 4.90 Å². The fourth-order valence-electron chi connectivity index (χ4n) is 4.49. The Morgan fingerprint density at radius 3 is 2.23 bits per heavy atom. The predicted octanol–water partition coefficient (Wildman–Crippen LogP) is 6.50. The molecule has 0 radical (unpaired) electrons. The van der Waals surface area contributed by atoms with E-state index in [-0.39, 0.29) is 4.90 Å². The number of anilines is 2. The molecule has 0 bridgehead atoms. The van der Waals surface area contributed by atoms with Gasteiger partial charge in [0.05, 0.1) is 5.69 Å². The molecule has 6 aromatic rings. The molecule has 0 aliphatic rings. The van der Waals surface area contributed by atoms with Crippen molar-refractivity contribution in [2.75, 3.05) is 11.9 Å². The van der Waals surface area contributed by atoms with Crippen LogP contribution < -0.4 is 10.0 Å². The van der Waals surface area contributed by atoms with E-state index in [2.05, 4.69) is 23.2 Å². The first-order chi connectivity index (χ1) is 18.9. The Bertz CT molecular complexity index is 1910. The van der Waals surface area contributed by atoms with Crippen LogP contribution in [0.25, 0.3) is 43.7 Å². The summed E-state index contributed by atoms with van der Waals surface area (Å²) in [5.74, 6) is 1.44. The summed E-state index contributed by atoms with van der Waals surface area (Å²) in [6, 6.07) is 29.8. The number of fused-ring (bicyclic) bond motifs is 1. The van der Waals surface area contributed by atoms with Crippen molar-refractivity contribution in [3.8, 4) is 33.0 Å². The van der Waals surface area contributed by atoms with E-state index in [1.54, 1.807) is 17.5 Å². The van der Waals surface area contributed by atoms with Crippen LogP contribution in [0.4, 0.5) is 11.6 Å². The normalized spacial score (nSPS) is 11.5. The highest BCUT2D eigenvalue weighted by Crippen LogP contribution is 2.40. The van der Waals surface area contributed by atoms with E-state index in [1.165, 1.54) is 12.3 Å². The molecule has 192 valence electrons. The van der Waals surface area contributed by atoms with Crippen LogP contribution in [0.3, 0.4) is 0 Å². The van der Waals surface area contributed by atoms with Crippen molar-refractivity contribution >= 4 is 43.8 Å². The van der Waals surface area contributed by atoms with Gasteiger partial charge in [0.25, 0.3) is 0 Å². The minimum absolute atomic E-state index is 0.0677. The summed E-state index contributed by atoms with van der Waals surface area (Å²) in [4.78, 5) is 16.0. The van der Waals surface area contributed by atoms with Crippen LogP contribution in [0, 0.1) is 0 Å². The first-order valence-corrected chi connectivity index (χ1v) is 14.5. The van der Waals surface area contributed by atoms with Gasteiger partial charge in [-0.1, -0.05) is 78.9 Å². The molecule has 0 saturated heterocycles. The van der Waals surface area contributed by atoms with Gasteiger partial charge in [-0.25, -0.2) is 23.5 Å². The molecule has 0 fully saturated rings. The van der Waals surface area contributed by atoms with Crippen molar-refractivity contribution < 1.29 is 8.42 Å². The molecule has 0 spiro atoms. The lowest BCUT2D eigenvalue weighted by Crippen LogP contribution is -2.14. The molecule has 3 aromatic carbocycles. The van der Waals surface area contributed by atoms with Crippen LogP contribution in [0.5, 0.6) is 0 Å². The number of benzene rings is 3. The third-order valence-electron chi connectivity index (χ3n) is 6.44. The molecule has 2 N–H and O–H groups in total. The molecule has 6 rings (SSSR count). The Morgan fingerprint density at radius 2 is 1.51 bits per heavy atom. The topological polar surface area (TPSA) is 102 Å². The Hall–Kier alpha value is -4.44.